The van der Waals surface area contributed by atoms with Crippen LogP contribution in [0.1, 0.15) is 19.3 Å². The molecule has 1 heterocycles. The summed E-state index contributed by atoms with van der Waals surface area (Å²) in [6, 6.07) is 0. The predicted molar refractivity (Wildman–Crippen MR) is 50.8 cm³/mol. The van der Waals surface area contributed by atoms with Crippen LogP contribution in [0.5, 0.6) is 0 Å². The number of nitrogens with zero attached hydrogens (tertiary/aromatic N) is 1. The third kappa shape index (κ3) is 2.32. The van der Waals surface area contributed by atoms with E-state index in [0.717, 1.165) is 36.8 Å². The molecular formula is C10H20NO+. The lowest BCUT2D eigenvalue weighted by Gasteiger charge is -2.41. The normalized spacial score (nSPS) is 26.6. The van der Waals surface area contributed by atoms with E-state index in [1.54, 1.807) is 0 Å². The molecule has 1 saturated heterocycles. The Balaban J connectivity index is 2.49. The highest BCUT2D eigenvalue weighted by atomic mass is 16.3. The van der Waals surface area contributed by atoms with Crippen LogP contribution in [0.4, 0.5) is 0 Å². The minimum absolute atomic E-state index is 0.449. The predicted octanol–water partition coefficient (Wildman–Crippen LogP) is 1.16. The molecule has 12 heavy (non-hydrogen) atoms. The summed E-state index contributed by atoms with van der Waals surface area (Å²) in [4.78, 5) is 0. The fourth-order valence-electron chi connectivity index (χ4n) is 1.73. The molecule has 1 aliphatic rings. The average Bonchev–Trinajstić information content (AvgIpc) is 1.98. The largest absolute Gasteiger partial charge is 0.389 e. The summed E-state index contributed by atoms with van der Waals surface area (Å²) in [7, 11) is 4.43. The van der Waals surface area contributed by atoms with Gasteiger partial charge in [0.05, 0.1) is 32.8 Å². The molecule has 1 fully saturated rings. The van der Waals surface area contributed by atoms with Gasteiger partial charge in [-0.1, -0.05) is 6.08 Å². The van der Waals surface area contributed by atoms with E-state index in [1.807, 2.05) is 6.08 Å². The molecular weight excluding hydrogens is 150 g/mol. The second-order valence-corrected chi connectivity index (χ2v) is 4.60. The maximum atomic E-state index is 10.0. The van der Waals surface area contributed by atoms with E-state index >= 15 is 0 Å². The summed E-state index contributed by atoms with van der Waals surface area (Å²) in [6.45, 7) is 5.82. The Morgan fingerprint density at radius 1 is 1.42 bits per heavy atom. The first-order valence-electron chi connectivity index (χ1n) is 4.63. The van der Waals surface area contributed by atoms with Crippen LogP contribution in [0.25, 0.3) is 0 Å². The number of piperidine rings is 1. The highest BCUT2D eigenvalue weighted by molar-refractivity contribution is 4.88. The van der Waals surface area contributed by atoms with Crippen molar-refractivity contribution in [2.45, 2.75) is 24.9 Å². The Hall–Kier alpha value is -0.340. The molecule has 0 unspecified atom stereocenters. The van der Waals surface area contributed by atoms with Crippen LogP contribution in [0.15, 0.2) is 12.7 Å². The Morgan fingerprint density at radius 3 is 2.33 bits per heavy atom. The standard InChI is InChI=1S/C10H20NO/c1-4-5-10(12)6-8-11(2,3)9-7-10/h4,12H,1,5-9H2,2-3H3/q+1. The van der Waals surface area contributed by atoms with Crippen molar-refractivity contribution in [1.82, 2.24) is 0 Å². The van der Waals surface area contributed by atoms with Crippen LogP contribution < -0.4 is 0 Å². The van der Waals surface area contributed by atoms with Gasteiger partial charge >= 0.3 is 0 Å². The lowest BCUT2D eigenvalue weighted by Crippen LogP contribution is -2.52. The van der Waals surface area contributed by atoms with Gasteiger partial charge in [-0.3, -0.25) is 0 Å². The van der Waals surface area contributed by atoms with Gasteiger partial charge in [0.1, 0.15) is 0 Å². The van der Waals surface area contributed by atoms with E-state index in [1.165, 1.54) is 0 Å². The second-order valence-electron chi connectivity index (χ2n) is 4.60. The molecule has 70 valence electrons. The van der Waals surface area contributed by atoms with Crippen LogP contribution in [-0.2, 0) is 0 Å². The molecule has 2 heteroatoms. The van der Waals surface area contributed by atoms with Crippen LogP contribution in [0, 0.1) is 0 Å². The maximum Gasteiger partial charge on any atom is 0.0810 e. The third-order valence-corrected chi connectivity index (χ3v) is 2.89. The molecule has 1 rings (SSSR count). The van der Waals surface area contributed by atoms with Gasteiger partial charge < -0.3 is 9.59 Å². The molecule has 0 aromatic heterocycles. The van der Waals surface area contributed by atoms with Crippen LogP contribution in [0.2, 0.25) is 0 Å². The van der Waals surface area contributed by atoms with Gasteiger partial charge in [-0.05, 0) is 6.42 Å². The molecule has 0 aliphatic carbocycles. The molecule has 0 atom stereocenters. The zero-order valence-corrected chi connectivity index (χ0v) is 8.21. The van der Waals surface area contributed by atoms with Gasteiger partial charge in [0.2, 0.25) is 0 Å². The van der Waals surface area contributed by atoms with E-state index in [-0.39, 0.29) is 0 Å². The number of aliphatic hydroxyl groups is 1. The van der Waals surface area contributed by atoms with Gasteiger partial charge in [0.25, 0.3) is 0 Å². The van der Waals surface area contributed by atoms with Crippen molar-refractivity contribution >= 4 is 0 Å². The van der Waals surface area contributed by atoms with Crippen LogP contribution in [-0.4, -0.2) is 42.4 Å². The van der Waals surface area contributed by atoms with Crippen molar-refractivity contribution in [3.63, 3.8) is 0 Å². The first-order valence-corrected chi connectivity index (χ1v) is 4.63. The number of quaternary nitrogens is 1. The molecule has 0 saturated carbocycles. The topological polar surface area (TPSA) is 20.2 Å². The van der Waals surface area contributed by atoms with E-state index < -0.39 is 5.60 Å². The van der Waals surface area contributed by atoms with E-state index in [2.05, 4.69) is 20.7 Å². The lowest BCUT2D eigenvalue weighted by atomic mass is 9.87. The Kier molecular flexibility index (Phi) is 2.59. The SMILES string of the molecule is C=CCC1(O)CC[N+](C)(C)CC1. The van der Waals surface area contributed by atoms with Crippen molar-refractivity contribution in [2.75, 3.05) is 27.2 Å². The van der Waals surface area contributed by atoms with Crippen molar-refractivity contribution in [2.24, 2.45) is 0 Å². The van der Waals surface area contributed by atoms with Gasteiger partial charge in [-0.15, -0.1) is 6.58 Å². The minimum atomic E-state index is -0.449. The smallest absolute Gasteiger partial charge is 0.0810 e. The summed E-state index contributed by atoms with van der Waals surface area (Å²) < 4.78 is 1.04. The molecule has 0 aromatic carbocycles. The fourth-order valence-corrected chi connectivity index (χ4v) is 1.73. The maximum absolute atomic E-state index is 10.0. The summed E-state index contributed by atoms with van der Waals surface area (Å²) >= 11 is 0. The van der Waals surface area contributed by atoms with Crippen molar-refractivity contribution in [1.29, 1.82) is 0 Å². The molecule has 2 nitrogen and oxygen atoms in total. The zero-order valence-electron chi connectivity index (χ0n) is 8.21. The Bertz CT molecular complexity index is 165. The van der Waals surface area contributed by atoms with Crippen LogP contribution >= 0.6 is 0 Å². The summed E-state index contributed by atoms with van der Waals surface area (Å²) in [5.41, 5.74) is -0.449. The van der Waals surface area contributed by atoms with Crippen molar-refractivity contribution < 1.29 is 9.59 Å². The summed E-state index contributed by atoms with van der Waals surface area (Å²) in [5.74, 6) is 0. The molecule has 0 radical (unpaired) electrons. The minimum Gasteiger partial charge on any atom is -0.389 e. The monoisotopic (exact) mass is 170 g/mol. The average molecular weight is 170 g/mol. The van der Waals surface area contributed by atoms with E-state index in [9.17, 15) is 5.11 Å². The summed E-state index contributed by atoms with van der Waals surface area (Å²) in [5, 5.41) is 10.0. The molecule has 1 N–H and O–H groups in total. The van der Waals surface area contributed by atoms with Gasteiger partial charge in [0, 0.05) is 12.8 Å². The lowest BCUT2D eigenvalue weighted by molar-refractivity contribution is -0.897. The molecule has 0 amide bonds. The van der Waals surface area contributed by atoms with Gasteiger partial charge in [-0.25, -0.2) is 0 Å². The quantitative estimate of drug-likeness (QED) is 0.487. The third-order valence-electron chi connectivity index (χ3n) is 2.89. The Labute approximate surface area is 75.1 Å². The number of rotatable bonds is 2. The second kappa shape index (κ2) is 3.19. The highest BCUT2D eigenvalue weighted by Crippen LogP contribution is 2.27. The Morgan fingerprint density at radius 2 is 1.92 bits per heavy atom. The summed E-state index contributed by atoms with van der Waals surface area (Å²) in [6.07, 6.45) is 4.39. The molecule has 1 aliphatic heterocycles. The van der Waals surface area contributed by atoms with E-state index in [0.29, 0.717) is 0 Å². The zero-order chi connectivity index (χ0) is 9.24. The molecule has 0 spiro atoms. The van der Waals surface area contributed by atoms with Gasteiger partial charge in [-0.2, -0.15) is 0 Å². The molecule has 0 bridgehead atoms. The number of hydrogen-bond acceptors (Lipinski definition) is 1. The highest BCUT2D eigenvalue weighted by Gasteiger charge is 2.35. The molecule has 0 aromatic rings. The van der Waals surface area contributed by atoms with E-state index in [4.69, 9.17) is 0 Å². The van der Waals surface area contributed by atoms with Crippen LogP contribution in [0.3, 0.4) is 0 Å². The fraction of sp³-hybridized carbons (Fsp3) is 0.800. The first-order chi connectivity index (χ1) is 5.47. The first kappa shape index (κ1) is 9.75. The number of hydrogen-bond donors (Lipinski definition) is 1. The number of likely N-dealkylation sites (tertiary alicyclic amines) is 1. The van der Waals surface area contributed by atoms with Crippen molar-refractivity contribution in [3.8, 4) is 0 Å². The van der Waals surface area contributed by atoms with Crippen molar-refractivity contribution in [3.05, 3.63) is 12.7 Å². The van der Waals surface area contributed by atoms with Gasteiger partial charge in [0.15, 0.2) is 0 Å².